The molecule has 0 heterocycles. The van der Waals surface area contributed by atoms with E-state index in [9.17, 15) is 4.79 Å². The fourth-order valence-electron chi connectivity index (χ4n) is 1.14. The molecule has 78 valence electrons. The Labute approximate surface area is 87.1 Å². The Morgan fingerprint density at radius 2 is 2.13 bits per heavy atom. The molecular formula is C10H11N3O2. The number of rotatable bonds is 3. The van der Waals surface area contributed by atoms with E-state index >= 15 is 0 Å². The van der Waals surface area contributed by atoms with Crippen molar-refractivity contribution in [2.75, 3.05) is 0 Å². The van der Waals surface area contributed by atoms with E-state index in [0.29, 0.717) is 12.0 Å². The van der Waals surface area contributed by atoms with Crippen molar-refractivity contribution in [1.29, 1.82) is 5.26 Å². The van der Waals surface area contributed by atoms with Crippen LogP contribution in [0.4, 0.5) is 0 Å². The van der Waals surface area contributed by atoms with E-state index in [1.807, 2.05) is 6.07 Å². The second-order valence-corrected chi connectivity index (χ2v) is 3.10. The Kier molecular flexibility index (Phi) is 3.80. The first-order chi connectivity index (χ1) is 7.17. The van der Waals surface area contributed by atoms with Gasteiger partial charge >= 0.3 is 0 Å². The molecular weight excluding hydrogens is 194 g/mol. The standard InChI is InChI=1S/C10H11N3O2/c11-6-8-3-1-7(2-4-8)5-9(12)10(14)13-15/h1-4,9,15H,5,12H2,(H,13,14)/t9-/m0/s1. The summed E-state index contributed by atoms with van der Waals surface area (Å²) in [7, 11) is 0. The lowest BCUT2D eigenvalue weighted by Gasteiger charge is -2.08. The Balaban J connectivity index is 2.66. The Hall–Kier alpha value is -1.90. The van der Waals surface area contributed by atoms with Crippen LogP contribution in [-0.4, -0.2) is 17.2 Å². The zero-order valence-electron chi connectivity index (χ0n) is 7.97. The fourth-order valence-corrected chi connectivity index (χ4v) is 1.14. The molecule has 0 aromatic heterocycles. The number of nitrogens with two attached hydrogens (primary N) is 1. The number of nitrogens with zero attached hydrogens (tertiary/aromatic N) is 1. The molecule has 0 unspecified atom stereocenters. The summed E-state index contributed by atoms with van der Waals surface area (Å²) in [4.78, 5) is 10.9. The molecule has 15 heavy (non-hydrogen) atoms. The summed E-state index contributed by atoms with van der Waals surface area (Å²) in [6.07, 6.45) is 0.318. The topological polar surface area (TPSA) is 99.1 Å². The number of hydrogen-bond donors (Lipinski definition) is 3. The van der Waals surface area contributed by atoms with Crippen LogP contribution >= 0.6 is 0 Å². The Morgan fingerprint density at radius 1 is 1.53 bits per heavy atom. The van der Waals surface area contributed by atoms with Gasteiger partial charge in [0, 0.05) is 0 Å². The molecule has 1 aromatic carbocycles. The number of nitrogens with one attached hydrogen (secondary N) is 1. The highest BCUT2D eigenvalue weighted by atomic mass is 16.5. The smallest absolute Gasteiger partial charge is 0.260 e. The third-order valence-corrected chi connectivity index (χ3v) is 1.99. The van der Waals surface area contributed by atoms with Gasteiger partial charge in [0.15, 0.2) is 0 Å². The van der Waals surface area contributed by atoms with Crippen molar-refractivity contribution in [3.8, 4) is 6.07 Å². The largest absolute Gasteiger partial charge is 0.320 e. The average molecular weight is 205 g/mol. The summed E-state index contributed by atoms with van der Waals surface area (Å²) in [5.41, 5.74) is 8.38. The molecule has 1 aromatic rings. The lowest BCUT2D eigenvalue weighted by atomic mass is 10.0. The van der Waals surface area contributed by atoms with E-state index in [1.165, 1.54) is 5.48 Å². The van der Waals surface area contributed by atoms with Crippen LogP contribution in [0.5, 0.6) is 0 Å². The number of hydrogen-bond acceptors (Lipinski definition) is 4. The molecule has 0 spiro atoms. The van der Waals surface area contributed by atoms with Gasteiger partial charge in [0.1, 0.15) is 0 Å². The predicted molar refractivity (Wildman–Crippen MR) is 52.8 cm³/mol. The van der Waals surface area contributed by atoms with Crippen LogP contribution in [0.15, 0.2) is 24.3 Å². The molecule has 0 bridgehead atoms. The number of hydroxylamine groups is 1. The van der Waals surface area contributed by atoms with Crippen molar-refractivity contribution >= 4 is 5.91 Å². The van der Waals surface area contributed by atoms with Crippen molar-refractivity contribution in [2.24, 2.45) is 5.73 Å². The predicted octanol–water partition coefficient (Wildman–Crippen LogP) is -0.0665. The molecule has 0 aliphatic carbocycles. The SMILES string of the molecule is N#Cc1ccc(C[C@H](N)C(=O)NO)cc1. The molecule has 1 amide bonds. The lowest BCUT2D eigenvalue weighted by Crippen LogP contribution is -2.40. The van der Waals surface area contributed by atoms with Gasteiger partial charge in [0.25, 0.3) is 5.91 Å². The highest BCUT2D eigenvalue weighted by Gasteiger charge is 2.12. The fraction of sp³-hybridized carbons (Fsp3) is 0.200. The second kappa shape index (κ2) is 5.10. The minimum Gasteiger partial charge on any atom is -0.320 e. The van der Waals surface area contributed by atoms with Gasteiger partial charge in [-0.2, -0.15) is 5.26 Å². The van der Waals surface area contributed by atoms with E-state index in [0.717, 1.165) is 5.56 Å². The molecule has 5 heteroatoms. The molecule has 5 nitrogen and oxygen atoms in total. The molecule has 0 radical (unpaired) electrons. The molecule has 1 atom stereocenters. The number of benzene rings is 1. The van der Waals surface area contributed by atoms with Crippen molar-refractivity contribution in [1.82, 2.24) is 5.48 Å². The van der Waals surface area contributed by atoms with Crippen molar-refractivity contribution in [3.05, 3.63) is 35.4 Å². The number of carbonyl (C=O) groups is 1. The molecule has 0 aliphatic heterocycles. The molecule has 0 saturated carbocycles. The average Bonchev–Trinajstić information content (AvgIpc) is 2.29. The summed E-state index contributed by atoms with van der Waals surface area (Å²) in [6, 6.07) is 7.96. The van der Waals surface area contributed by atoms with Gasteiger partial charge in [0.05, 0.1) is 17.7 Å². The van der Waals surface area contributed by atoms with Crippen LogP contribution in [0.3, 0.4) is 0 Å². The minimum atomic E-state index is -0.789. The van der Waals surface area contributed by atoms with Gasteiger partial charge in [-0.05, 0) is 24.1 Å². The van der Waals surface area contributed by atoms with Crippen LogP contribution in [0.2, 0.25) is 0 Å². The summed E-state index contributed by atoms with van der Waals surface area (Å²) in [6.45, 7) is 0. The maximum Gasteiger partial charge on any atom is 0.260 e. The minimum absolute atomic E-state index is 0.318. The summed E-state index contributed by atoms with van der Waals surface area (Å²) < 4.78 is 0. The number of nitriles is 1. The maximum absolute atomic E-state index is 10.9. The normalized spacial score (nSPS) is 11.5. The van der Waals surface area contributed by atoms with E-state index in [4.69, 9.17) is 16.2 Å². The van der Waals surface area contributed by atoms with Crippen molar-refractivity contribution in [3.63, 3.8) is 0 Å². The Bertz CT molecular complexity index is 381. The van der Waals surface area contributed by atoms with Gasteiger partial charge in [-0.15, -0.1) is 0 Å². The van der Waals surface area contributed by atoms with Crippen LogP contribution in [0.1, 0.15) is 11.1 Å². The van der Waals surface area contributed by atoms with E-state index in [1.54, 1.807) is 24.3 Å². The van der Waals surface area contributed by atoms with Gasteiger partial charge in [-0.3, -0.25) is 10.0 Å². The highest BCUT2D eigenvalue weighted by molar-refractivity contribution is 5.80. The molecule has 1 rings (SSSR count). The highest BCUT2D eigenvalue weighted by Crippen LogP contribution is 2.05. The summed E-state index contributed by atoms with van der Waals surface area (Å²) in [5.74, 6) is -0.626. The van der Waals surface area contributed by atoms with Crippen LogP contribution in [0.25, 0.3) is 0 Å². The van der Waals surface area contributed by atoms with Gasteiger partial charge < -0.3 is 5.73 Å². The van der Waals surface area contributed by atoms with E-state index in [2.05, 4.69) is 0 Å². The number of carbonyl (C=O) groups excluding carboxylic acids is 1. The van der Waals surface area contributed by atoms with Crippen molar-refractivity contribution in [2.45, 2.75) is 12.5 Å². The third-order valence-electron chi connectivity index (χ3n) is 1.99. The third kappa shape index (κ3) is 3.06. The first-order valence-electron chi connectivity index (χ1n) is 4.36. The lowest BCUT2D eigenvalue weighted by molar-refractivity contribution is -0.130. The summed E-state index contributed by atoms with van der Waals surface area (Å²) >= 11 is 0. The quantitative estimate of drug-likeness (QED) is 0.475. The van der Waals surface area contributed by atoms with Gasteiger partial charge in [-0.25, -0.2) is 5.48 Å². The first-order valence-corrected chi connectivity index (χ1v) is 4.36. The first kappa shape index (κ1) is 11.2. The maximum atomic E-state index is 10.9. The van der Waals surface area contributed by atoms with Crippen LogP contribution < -0.4 is 11.2 Å². The van der Waals surface area contributed by atoms with Crippen LogP contribution in [0, 0.1) is 11.3 Å². The van der Waals surface area contributed by atoms with E-state index < -0.39 is 11.9 Å². The summed E-state index contributed by atoms with van der Waals surface area (Å²) in [5, 5.41) is 16.9. The van der Waals surface area contributed by atoms with Gasteiger partial charge in [-0.1, -0.05) is 12.1 Å². The zero-order chi connectivity index (χ0) is 11.3. The number of amides is 1. The monoisotopic (exact) mass is 205 g/mol. The second-order valence-electron chi connectivity index (χ2n) is 3.10. The van der Waals surface area contributed by atoms with Crippen LogP contribution in [-0.2, 0) is 11.2 Å². The van der Waals surface area contributed by atoms with Gasteiger partial charge in [0.2, 0.25) is 0 Å². The molecule has 0 saturated heterocycles. The zero-order valence-corrected chi connectivity index (χ0v) is 7.97. The molecule has 0 aliphatic rings. The Morgan fingerprint density at radius 3 is 2.60 bits per heavy atom. The molecule has 4 N–H and O–H groups in total. The van der Waals surface area contributed by atoms with Crippen molar-refractivity contribution < 1.29 is 10.0 Å². The van der Waals surface area contributed by atoms with E-state index in [-0.39, 0.29) is 0 Å². The molecule has 0 fully saturated rings.